The molecule has 0 bridgehead atoms. The molecule has 6 rings (SSSR count). The third kappa shape index (κ3) is 3.21. The predicted octanol–water partition coefficient (Wildman–Crippen LogP) is 6.66. The number of carbonyl (C=O) groups is 1. The summed E-state index contributed by atoms with van der Waals surface area (Å²) in [7, 11) is 0. The summed E-state index contributed by atoms with van der Waals surface area (Å²) in [6.45, 7) is 4.88. The highest BCUT2D eigenvalue weighted by Crippen LogP contribution is 2.66. The van der Waals surface area contributed by atoms with Gasteiger partial charge in [-0.1, -0.05) is 43.2 Å². The highest BCUT2D eigenvalue weighted by Gasteiger charge is 2.57. The number of aliphatic hydroxyl groups excluding tert-OH is 1. The van der Waals surface area contributed by atoms with Crippen molar-refractivity contribution in [2.75, 3.05) is 0 Å². The van der Waals surface area contributed by atoms with Crippen LogP contribution in [0, 0.1) is 28.6 Å². The number of hydrogen-bond donors (Lipinski definition) is 1. The predicted molar refractivity (Wildman–Crippen MR) is 135 cm³/mol. The quantitative estimate of drug-likeness (QED) is 0.398. The van der Waals surface area contributed by atoms with E-state index in [1.807, 2.05) is 35.1 Å². The van der Waals surface area contributed by atoms with Gasteiger partial charge in [-0.3, -0.25) is 4.79 Å². The van der Waals surface area contributed by atoms with Crippen LogP contribution in [0.5, 0.6) is 0 Å². The van der Waals surface area contributed by atoms with Gasteiger partial charge in [0.1, 0.15) is 0 Å². The number of nitrogens with zero attached hydrogens (tertiary/aromatic N) is 2. The minimum atomic E-state index is -0.165. The topological polar surface area (TPSA) is 55.1 Å². The third-order valence-corrected chi connectivity index (χ3v) is 10.1. The summed E-state index contributed by atoms with van der Waals surface area (Å²) in [4.78, 5) is 12.1. The molecule has 2 saturated carbocycles. The Balaban J connectivity index is 1.33. The second-order valence-corrected chi connectivity index (χ2v) is 11.9. The Kier molecular flexibility index (Phi) is 5.20. The summed E-state index contributed by atoms with van der Waals surface area (Å²) in [5.41, 5.74) is 5.43. The number of rotatable bonds is 3. The lowest BCUT2D eigenvalue weighted by molar-refractivity contribution is -0.0238. The van der Waals surface area contributed by atoms with E-state index in [4.69, 9.17) is 16.7 Å². The first kappa shape index (κ1) is 22.3. The molecule has 4 aliphatic carbocycles. The molecule has 178 valence electrons. The fourth-order valence-electron chi connectivity index (χ4n) is 7.99. The summed E-state index contributed by atoms with van der Waals surface area (Å²) in [6, 6.07) is 7.56. The van der Waals surface area contributed by atoms with Gasteiger partial charge in [-0.25, -0.2) is 4.68 Å². The van der Waals surface area contributed by atoms with Crippen molar-refractivity contribution in [3.05, 3.63) is 64.5 Å². The van der Waals surface area contributed by atoms with E-state index >= 15 is 0 Å². The molecule has 2 fully saturated rings. The third-order valence-electron chi connectivity index (χ3n) is 9.87. The Morgan fingerprint density at radius 2 is 1.82 bits per heavy atom. The monoisotopic (exact) mass is 476 g/mol. The summed E-state index contributed by atoms with van der Waals surface area (Å²) in [6.07, 6.45) is 14.9. The molecule has 1 N–H and O–H groups in total. The van der Waals surface area contributed by atoms with Gasteiger partial charge in [0.25, 0.3) is 0 Å². The van der Waals surface area contributed by atoms with Crippen molar-refractivity contribution in [1.82, 2.24) is 9.78 Å². The van der Waals surface area contributed by atoms with E-state index in [1.165, 1.54) is 17.6 Å². The minimum Gasteiger partial charge on any atom is -0.393 e. The number of aliphatic hydroxyl groups is 1. The molecule has 1 heterocycles. The van der Waals surface area contributed by atoms with Crippen LogP contribution in [0.15, 0.2) is 48.2 Å². The Bertz CT molecular complexity index is 1200. The number of benzene rings is 1. The van der Waals surface area contributed by atoms with Gasteiger partial charge in [-0.15, -0.1) is 0 Å². The maximum Gasteiger partial charge on any atom is 0.153 e. The van der Waals surface area contributed by atoms with Crippen LogP contribution < -0.4 is 0 Å². The van der Waals surface area contributed by atoms with Gasteiger partial charge in [0.15, 0.2) is 6.29 Å². The Morgan fingerprint density at radius 1 is 1.06 bits per heavy atom. The summed E-state index contributed by atoms with van der Waals surface area (Å²) >= 11 is 6.07. The van der Waals surface area contributed by atoms with Crippen LogP contribution in [0.3, 0.4) is 0 Å². The van der Waals surface area contributed by atoms with Crippen LogP contribution in [0.4, 0.5) is 0 Å². The molecule has 0 unspecified atom stereocenters. The van der Waals surface area contributed by atoms with Crippen molar-refractivity contribution < 1.29 is 9.90 Å². The Morgan fingerprint density at radius 3 is 2.59 bits per heavy atom. The van der Waals surface area contributed by atoms with Gasteiger partial charge < -0.3 is 5.11 Å². The van der Waals surface area contributed by atoms with Gasteiger partial charge in [0.05, 0.1) is 23.0 Å². The molecule has 0 aliphatic heterocycles. The second-order valence-electron chi connectivity index (χ2n) is 11.4. The van der Waals surface area contributed by atoms with Crippen LogP contribution in [0.1, 0.15) is 74.8 Å². The molecule has 4 aliphatic rings. The SMILES string of the molecule is C[C@]12CC[C@H](O)CC1=CC[C@@H]1[C@@H]2CC[C@]2(C)C(c3nn(-c4ccc(Cl)cc4)cc3C=O)=CC[C@@H]12. The molecular formula is C29H33ClN2O2. The van der Waals surface area contributed by atoms with Crippen molar-refractivity contribution in [3.63, 3.8) is 0 Å². The van der Waals surface area contributed by atoms with Gasteiger partial charge in [0, 0.05) is 11.2 Å². The van der Waals surface area contributed by atoms with Crippen LogP contribution in [-0.2, 0) is 0 Å². The van der Waals surface area contributed by atoms with Crippen LogP contribution in [-0.4, -0.2) is 27.3 Å². The number of aromatic nitrogens is 2. The molecule has 5 heteroatoms. The standard InChI is InChI=1S/C29H33ClN2O2/c1-28-13-11-22(34)15-19(28)3-8-23-24-9-10-26(29(24,2)14-12-25(23)28)27-18(17-33)16-32(31-27)21-6-4-20(30)5-7-21/h3-7,10,16-17,22-25,34H,8-9,11-15H2,1-2H3/t22-,23-,24-,25-,28-,29-/m0/s1. The smallest absolute Gasteiger partial charge is 0.153 e. The molecule has 0 spiro atoms. The van der Waals surface area contributed by atoms with Crippen molar-refractivity contribution >= 4 is 23.5 Å². The van der Waals surface area contributed by atoms with E-state index in [1.54, 1.807) is 0 Å². The fraction of sp³-hybridized carbons (Fsp3) is 0.517. The fourth-order valence-corrected chi connectivity index (χ4v) is 8.11. The van der Waals surface area contributed by atoms with E-state index in [2.05, 4.69) is 26.0 Å². The van der Waals surface area contributed by atoms with E-state index in [0.717, 1.165) is 56.2 Å². The maximum atomic E-state index is 12.1. The van der Waals surface area contributed by atoms with E-state index in [-0.39, 0.29) is 16.9 Å². The first-order valence-electron chi connectivity index (χ1n) is 12.7. The summed E-state index contributed by atoms with van der Waals surface area (Å²) in [5, 5.41) is 15.9. The zero-order valence-corrected chi connectivity index (χ0v) is 20.8. The van der Waals surface area contributed by atoms with Crippen LogP contribution >= 0.6 is 11.6 Å². The number of aldehydes is 1. The first-order valence-corrected chi connectivity index (χ1v) is 13.1. The molecule has 1 aromatic carbocycles. The van der Waals surface area contributed by atoms with E-state index < -0.39 is 0 Å². The van der Waals surface area contributed by atoms with Crippen molar-refractivity contribution in [2.24, 2.45) is 28.6 Å². The number of fused-ring (bicyclic) bond motifs is 5. The van der Waals surface area contributed by atoms with Gasteiger partial charge >= 0.3 is 0 Å². The molecule has 0 amide bonds. The lowest BCUT2D eigenvalue weighted by Crippen LogP contribution is -2.49. The molecule has 6 atom stereocenters. The highest BCUT2D eigenvalue weighted by atomic mass is 35.5. The zero-order chi connectivity index (χ0) is 23.7. The number of hydrogen-bond acceptors (Lipinski definition) is 3. The molecule has 0 radical (unpaired) electrons. The average molecular weight is 477 g/mol. The van der Waals surface area contributed by atoms with E-state index in [9.17, 15) is 9.90 Å². The lowest BCUT2D eigenvalue weighted by atomic mass is 9.47. The molecule has 34 heavy (non-hydrogen) atoms. The van der Waals surface area contributed by atoms with Crippen LogP contribution in [0.25, 0.3) is 11.3 Å². The highest BCUT2D eigenvalue weighted by molar-refractivity contribution is 6.30. The zero-order valence-electron chi connectivity index (χ0n) is 20.0. The maximum absolute atomic E-state index is 12.1. The molecule has 2 aromatic rings. The van der Waals surface area contributed by atoms with Gasteiger partial charge in [-0.05, 0) is 103 Å². The Labute approximate surface area is 206 Å². The van der Waals surface area contributed by atoms with Gasteiger partial charge in [0.2, 0.25) is 0 Å². The lowest BCUT2D eigenvalue weighted by Gasteiger charge is -2.57. The molecular weight excluding hydrogens is 444 g/mol. The van der Waals surface area contributed by atoms with Crippen molar-refractivity contribution in [2.45, 2.75) is 64.9 Å². The summed E-state index contributed by atoms with van der Waals surface area (Å²) in [5.74, 6) is 1.90. The van der Waals surface area contributed by atoms with Gasteiger partial charge in [-0.2, -0.15) is 5.10 Å². The Hall–Kier alpha value is -2.17. The summed E-state index contributed by atoms with van der Waals surface area (Å²) < 4.78 is 1.81. The van der Waals surface area contributed by atoms with Crippen LogP contribution in [0.2, 0.25) is 5.02 Å². The normalized spacial score (nSPS) is 36.7. The average Bonchev–Trinajstić information content (AvgIpc) is 3.40. The largest absolute Gasteiger partial charge is 0.393 e. The number of carbonyl (C=O) groups excluding carboxylic acids is 1. The first-order chi connectivity index (χ1) is 16.3. The number of halogens is 1. The van der Waals surface area contributed by atoms with Crippen molar-refractivity contribution in [1.29, 1.82) is 0 Å². The minimum absolute atomic E-state index is 0.0357. The van der Waals surface area contributed by atoms with E-state index in [0.29, 0.717) is 28.3 Å². The molecule has 4 nitrogen and oxygen atoms in total. The molecule has 1 aromatic heterocycles. The molecule has 0 saturated heterocycles. The number of allylic oxidation sites excluding steroid dienone is 3. The van der Waals surface area contributed by atoms with Crippen molar-refractivity contribution in [3.8, 4) is 5.69 Å². The second kappa shape index (κ2) is 7.93.